The highest BCUT2D eigenvalue weighted by Gasteiger charge is 2.18. The Hall–Kier alpha value is -2.18. The van der Waals surface area contributed by atoms with Gasteiger partial charge in [0.1, 0.15) is 5.82 Å². The Kier molecular flexibility index (Phi) is 4.78. The lowest BCUT2D eigenvalue weighted by molar-refractivity contribution is 0.209. The Morgan fingerprint density at radius 3 is 2.42 bits per heavy atom. The monoisotopic (exact) mass is 415 g/mol. The SMILES string of the molecule is O=c1ccn(CN2CCN(c3ccc(F)cc3)CC2)c2c(Br)cccc12. The standard InChI is InChI=1S/C20H19BrFN3O/c21-18-3-1-2-17-19(26)8-9-25(20(17)18)14-23-10-12-24(13-11-23)16-6-4-15(22)5-7-16/h1-9H,10-14H2. The molecule has 0 bridgehead atoms. The van der Waals surface area contributed by atoms with Gasteiger partial charge in [-0.05, 0) is 52.3 Å². The number of para-hydroxylation sites is 1. The molecule has 0 saturated carbocycles. The third-order valence-corrected chi connectivity index (χ3v) is 5.50. The molecular weight excluding hydrogens is 397 g/mol. The first-order chi connectivity index (χ1) is 12.6. The summed E-state index contributed by atoms with van der Waals surface area (Å²) in [5.74, 6) is -0.205. The average Bonchev–Trinajstić information content (AvgIpc) is 2.66. The molecule has 26 heavy (non-hydrogen) atoms. The number of halogens is 2. The number of anilines is 1. The molecule has 0 unspecified atom stereocenters. The number of rotatable bonds is 3. The molecule has 0 spiro atoms. The zero-order chi connectivity index (χ0) is 18.1. The van der Waals surface area contributed by atoms with Crippen molar-refractivity contribution in [3.63, 3.8) is 0 Å². The fourth-order valence-electron chi connectivity index (χ4n) is 3.46. The predicted molar refractivity (Wildman–Crippen MR) is 106 cm³/mol. The van der Waals surface area contributed by atoms with Gasteiger partial charge in [-0.3, -0.25) is 9.69 Å². The molecule has 0 amide bonds. The van der Waals surface area contributed by atoms with Gasteiger partial charge >= 0.3 is 0 Å². The van der Waals surface area contributed by atoms with Crippen molar-refractivity contribution in [1.82, 2.24) is 9.47 Å². The molecule has 1 aliphatic heterocycles. The molecule has 0 atom stereocenters. The smallest absolute Gasteiger partial charge is 0.189 e. The van der Waals surface area contributed by atoms with Crippen LogP contribution in [0.25, 0.3) is 10.9 Å². The van der Waals surface area contributed by atoms with E-state index in [9.17, 15) is 9.18 Å². The van der Waals surface area contributed by atoms with E-state index in [1.54, 1.807) is 6.07 Å². The molecule has 0 radical (unpaired) electrons. The van der Waals surface area contributed by atoms with E-state index in [1.165, 1.54) is 12.1 Å². The second-order valence-electron chi connectivity index (χ2n) is 6.51. The molecule has 0 aliphatic carbocycles. The summed E-state index contributed by atoms with van der Waals surface area (Å²) in [6.07, 6.45) is 1.86. The van der Waals surface area contributed by atoms with Crippen LogP contribution < -0.4 is 10.3 Å². The van der Waals surface area contributed by atoms with Gasteiger partial charge in [-0.2, -0.15) is 0 Å². The molecule has 1 aromatic heterocycles. The molecule has 6 heteroatoms. The van der Waals surface area contributed by atoms with E-state index < -0.39 is 0 Å². The third-order valence-electron chi connectivity index (χ3n) is 4.86. The van der Waals surface area contributed by atoms with Crippen LogP contribution in [0.4, 0.5) is 10.1 Å². The maximum absolute atomic E-state index is 13.1. The van der Waals surface area contributed by atoms with Gasteiger partial charge in [-0.1, -0.05) is 6.07 Å². The summed E-state index contributed by atoms with van der Waals surface area (Å²) in [6.45, 7) is 4.34. The minimum absolute atomic E-state index is 0.0404. The van der Waals surface area contributed by atoms with Crippen molar-refractivity contribution in [2.75, 3.05) is 31.1 Å². The average molecular weight is 416 g/mol. The minimum Gasteiger partial charge on any atom is -0.369 e. The lowest BCUT2D eigenvalue weighted by Crippen LogP contribution is -2.46. The van der Waals surface area contributed by atoms with Gasteiger partial charge in [-0.15, -0.1) is 0 Å². The first-order valence-electron chi connectivity index (χ1n) is 8.62. The van der Waals surface area contributed by atoms with Crippen LogP contribution in [0.15, 0.2) is 64.0 Å². The third kappa shape index (κ3) is 3.39. The first kappa shape index (κ1) is 17.2. The van der Waals surface area contributed by atoms with Crippen molar-refractivity contribution in [2.24, 2.45) is 0 Å². The van der Waals surface area contributed by atoms with Crippen LogP contribution in [-0.2, 0) is 6.67 Å². The molecule has 1 aliphatic rings. The first-order valence-corrected chi connectivity index (χ1v) is 9.42. The molecule has 1 fully saturated rings. The van der Waals surface area contributed by atoms with Crippen LogP contribution in [-0.4, -0.2) is 35.6 Å². The topological polar surface area (TPSA) is 28.5 Å². The van der Waals surface area contributed by atoms with Crippen LogP contribution in [0.5, 0.6) is 0 Å². The highest BCUT2D eigenvalue weighted by atomic mass is 79.9. The van der Waals surface area contributed by atoms with Gasteiger partial charge in [0.05, 0.1) is 12.2 Å². The van der Waals surface area contributed by atoms with E-state index in [2.05, 4.69) is 30.3 Å². The quantitative estimate of drug-likeness (QED) is 0.652. The Bertz CT molecular complexity index is 979. The van der Waals surface area contributed by atoms with Crippen LogP contribution in [0, 0.1) is 5.82 Å². The summed E-state index contributed by atoms with van der Waals surface area (Å²) < 4.78 is 16.1. The summed E-state index contributed by atoms with van der Waals surface area (Å²) in [7, 11) is 0. The summed E-state index contributed by atoms with van der Waals surface area (Å²) >= 11 is 3.58. The molecule has 2 heterocycles. The number of hydrogen-bond acceptors (Lipinski definition) is 3. The maximum atomic E-state index is 13.1. The van der Waals surface area contributed by atoms with Gasteiger partial charge in [0, 0.05) is 54.0 Å². The highest BCUT2D eigenvalue weighted by Crippen LogP contribution is 2.22. The minimum atomic E-state index is -0.205. The fourth-order valence-corrected chi connectivity index (χ4v) is 4.05. The van der Waals surface area contributed by atoms with E-state index >= 15 is 0 Å². The van der Waals surface area contributed by atoms with Crippen LogP contribution in [0.3, 0.4) is 0 Å². The molecule has 4 rings (SSSR count). The van der Waals surface area contributed by atoms with Crippen molar-refractivity contribution in [1.29, 1.82) is 0 Å². The van der Waals surface area contributed by atoms with Crippen LogP contribution in [0.2, 0.25) is 0 Å². The number of benzene rings is 2. The van der Waals surface area contributed by atoms with E-state index in [0.29, 0.717) is 0 Å². The number of hydrogen-bond donors (Lipinski definition) is 0. The summed E-state index contributed by atoms with van der Waals surface area (Å²) in [4.78, 5) is 16.8. The molecule has 2 aromatic carbocycles. The van der Waals surface area contributed by atoms with Crippen LogP contribution in [0.1, 0.15) is 0 Å². The molecular formula is C20H19BrFN3O. The van der Waals surface area contributed by atoms with Crippen molar-refractivity contribution < 1.29 is 4.39 Å². The normalized spacial score (nSPS) is 15.5. The van der Waals surface area contributed by atoms with E-state index in [-0.39, 0.29) is 11.2 Å². The molecule has 0 N–H and O–H groups in total. The summed E-state index contributed by atoms with van der Waals surface area (Å²) in [5.41, 5.74) is 2.03. The van der Waals surface area contributed by atoms with Crippen molar-refractivity contribution in [3.05, 3.63) is 75.2 Å². The second-order valence-corrected chi connectivity index (χ2v) is 7.36. The number of piperazine rings is 1. The van der Waals surface area contributed by atoms with Gasteiger partial charge in [0.25, 0.3) is 0 Å². The second kappa shape index (κ2) is 7.21. The van der Waals surface area contributed by atoms with Gasteiger partial charge in [0.15, 0.2) is 5.43 Å². The van der Waals surface area contributed by atoms with E-state index in [1.807, 2.05) is 36.5 Å². The zero-order valence-electron chi connectivity index (χ0n) is 14.2. The number of pyridine rings is 1. The van der Waals surface area contributed by atoms with Gasteiger partial charge < -0.3 is 9.47 Å². The molecule has 4 nitrogen and oxygen atoms in total. The Labute approximate surface area is 159 Å². The Morgan fingerprint density at radius 2 is 1.69 bits per heavy atom. The Balaban J connectivity index is 1.50. The maximum Gasteiger partial charge on any atom is 0.189 e. The molecule has 1 saturated heterocycles. The highest BCUT2D eigenvalue weighted by molar-refractivity contribution is 9.10. The van der Waals surface area contributed by atoms with Crippen LogP contribution >= 0.6 is 15.9 Å². The zero-order valence-corrected chi connectivity index (χ0v) is 15.8. The lowest BCUT2D eigenvalue weighted by atomic mass is 10.2. The number of nitrogens with zero attached hydrogens (tertiary/aromatic N) is 3. The van der Waals surface area contributed by atoms with Crippen molar-refractivity contribution in [3.8, 4) is 0 Å². The fraction of sp³-hybridized carbons (Fsp3) is 0.250. The predicted octanol–water partition coefficient (Wildman–Crippen LogP) is 3.68. The molecule has 3 aromatic rings. The van der Waals surface area contributed by atoms with Gasteiger partial charge in [0.2, 0.25) is 0 Å². The van der Waals surface area contributed by atoms with E-state index in [4.69, 9.17) is 0 Å². The lowest BCUT2D eigenvalue weighted by Gasteiger charge is -2.36. The Morgan fingerprint density at radius 1 is 0.962 bits per heavy atom. The van der Waals surface area contributed by atoms with Crippen molar-refractivity contribution in [2.45, 2.75) is 6.67 Å². The summed E-state index contributed by atoms with van der Waals surface area (Å²) in [5, 5.41) is 0.729. The van der Waals surface area contributed by atoms with E-state index in [0.717, 1.165) is 53.9 Å². The summed E-state index contributed by atoms with van der Waals surface area (Å²) in [6, 6.07) is 14.0. The largest absolute Gasteiger partial charge is 0.369 e. The molecule has 134 valence electrons. The van der Waals surface area contributed by atoms with Gasteiger partial charge in [-0.25, -0.2) is 4.39 Å². The number of fused-ring (bicyclic) bond motifs is 1. The van der Waals surface area contributed by atoms with Crippen molar-refractivity contribution >= 4 is 32.5 Å². The number of aromatic nitrogens is 1.